The van der Waals surface area contributed by atoms with Crippen LogP contribution in [0.1, 0.15) is 24.1 Å². The van der Waals surface area contributed by atoms with Crippen LogP contribution < -0.4 is 5.32 Å². The molecule has 0 spiro atoms. The maximum atomic E-state index is 6.15. The van der Waals surface area contributed by atoms with Gasteiger partial charge in [0.05, 0.1) is 0 Å². The average molecular weight is 261 g/mol. The van der Waals surface area contributed by atoms with Crippen molar-refractivity contribution in [3.63, 3.8) is 0 Å². The van der Waals surface area contributed by atoms with Crippen LogP contribution in [0.25, 0.3) is 0 Å². The zero-order valence-corrected chi connectivity index (χ0v) is 9.74. The molecule has 1 N–H and O–H groups in total. The maximum Gasteiger partial charge on any atom is 0.0457 e. The van der Waals surface area contributed by atoms with Gasteiger partial charge in [0, 0.05) is 15.5 Å². The molecule has 0 aliphatic carbocycles. The van der Waals surface area contributed by atoms with Gasteiger partial charge in [0.15, 0.2) is 0 Å². The molecule has 13 heavy (non-hydrogen) atoms. The SMILES string of the molecule is CC1NCCc2c(Br)ccc(Cl)c21. The van der Waals surface area contributed by atoms with Crippen LogP contribution in [0.15, 0.2) is 16.6 Å². The number of nitrogens with one attached hydrogen (secondary N) is 1. The van der Waals surface area contributed by atoms with E-state index in [1.807, 2.05) is 12.1 Å². The Hall–Kier alpha value is -0.0500. The average Bonchev–Trinajstić information content (AvgIpc) is 2.12. The standard InChI is InChI=1S/C10H11BrClN/c1-6-10-7(4-5-13-6)8(11)2-3-9(10)12/h2-3,6,13H,4-5H2,1H3. The summed E-state index contributed by atoms with van der Waals surface area (Å²) in [6, 6.07) is 4.35. The molecule has 1 aliphatic rings. The molecule has 1 aromatic rings. The summed E-state index contributed by atoms with van der Waals surface area (Å²) in [4.78, 5) is 0. The Labute approximate surface area is 91.6 Å². The fourth-order valence-electron chi connectivity index (χ4n) is 1.85. The predicted molar refractivity (Wildman–Crippen MR) is 59.3 cm³/mol. The Balaban J connectivity index is 2.60. The molecule has 1 aliphatic heterocycles. The number of benzene rings is 1. The highest BCUT2D eigenvalue weighted by Gasteiger charge is 2.20. The third-order valence-corrected chi connectivity index (χ3v) is 3.58. The van der Waals surface area contributed by atoms with Gasteiger partial charge in [-0.25, -0.2) is 0 Å². The fraction of sp³-hybridized carbons (Fsp3) is 0.400. The highest BCUT2D eigenvalue weighted by molar-refractivity contribution is 9.10. The Morgan fingerprint density at radius 3 is 3.00 bits per heavy atom. The first-order chi connectivity index (χ1) is 6.20. The van der Waals surface area contributed by atoms with E-state index < -0.39 is 0 Å². The number of hydrogen-bond acceptors (Lipinski definition) is 1. The zero-order valence-electron chi connectivity index (χ0n) is 7.40. The van der Waals surface area contributed by atoms with Crippen molar-refractivity contribution >= 4 is 27.5 Å². The molecule has 2 rings (SSSR count). The highest BCUT2D eigenvalue weighted by Crippen LogP contribution is 2.34. The number of halogens is 2. The summed E-state index contributed by atoms with van der Waals surface area (Å²) in [6.45, 7) is 3.18. The molecule has 0 bridgehead atoms. The molecular formula is C10H11BrClN. The monoisotopic (exact) mass is 259 g/mol. The first kappa shape index (κ1) is 9.50. The number of hydrogen-bond donors (Lipinski definition) is 1. The third kappa shape index (κ3) is 1.63. The summed E-state index contributed by atoms with van der Waals surface area (Å²) in [7, 11) is 0. The summed E-state index contributed by atoms with van der Waals surface area (Å²) >= 11 is 9.71. The Morgan fingerprint density at radius 2 is 2.31 bits per heavy atom. The van der Waals surface area contributed by atoms with E-state index in [1.54, 1.807) is 0 Å². The van der Waals surface area contributed by atoms with Crippen molar-refractivity contribution in [1.82, 2.24) is 5.32 Å². The van der Waals surface area contributed by atoms with E-state index >= 15 is 0 Å². The smallest absolute Gasteiger partial charge is 0.0457 e. The quantitative estimate of drug-likeness (QED) is 0.755. The van der Waals surface area contributed by atoms with Gasteiger partial charge in [0.1, 0.15) is 0 Å². The summed E-state index contributed by atoms with van der Waals surface area (Å²) < 4.78 is 1.18. The zero-order chi connectivity index (χ0) is 9.42. The molecule has 1 atom stereocenters. The van der Waals surface area contributed by atoms with E-state index in [9.17, 15) is 0 Å². The van der Waals surface area contributed by atoms with Gasteiger partial charge >= 0.3 is 0 Å². The first-order valence-electron chi connectivity index (χ1n) is 4.40. The lowest BCUT2D eigenvalue weighted by Gasteiger charge is -2.25. The van der Waals surface area contributed by atoms with Crippen molar-refractivity contribution in [2.75, 3.05) is 6.54 Å². The maximum absolute atomic E-state index is 6.15. The second kappa shape index (κ2) is 3.60. The van der Waals surface area contributed by atoms with E-state index in [0.29, 0.717) is 6.04 Å². The van der Waals surface area contributed by atoms with Crippen LogP contribution in [0.2, 0.25) is 5.02 Å². The van der Waals surface area contributed by atoms with E-state index in [1.165, 1.54) is 15.6 Å². The van der Waals surface area contributed by atoms with Crippen LogP contribution in [0.3, 0.4) is 0 Å². The molecule has 0 aromatic heterocycles. The van der Waals surface area contributed by atoms with Gasteiger partial charge in [0.2, 0.25) is 0 Å². The second-order valence-electron chi connectivity index (χ2n) is 3.35. The van der Waals surface area contributed by atoms with Gasteiger partial charge < -0.3 is 5.32 Å². The van der Waals surface area contributed by atoms with Crippen molar-refractivity contribution in [2.24, 2.45) is 0 Å². The van der Waals surface area contributed by atoms with Gasteiger partial charge in [-0.3, -0.25) is 0 Å². The fourth-order valence-corrected chi connectivity index (χ4v) is 2.73. The number of rotatable bonds is 0. The van der Waals surface area contributed by atoms with Crippen LogP contribution in [0, 0.1) is 0 Å². The van der Waals surface area contributed by atoms with Crippen LogP contribution in [-0.2, 0) is 6.42 Å². The topological polar surface area (TPSA) is 12.0 Å². The molecule has 0 saturated carbocycles. The third-order valence-electron chi connectivity index (χ3n) is 2.51. The minimum absolute atomic E-state index is 0.369. The van der Waals surface area contributed by atoms with E-state index in [2.05, 4.69) is 28.2 Å². The molecule has 1 heterocycles. The van der Waals surface area contributed by atoms with Crippen molar-refractivity contribution in [1.29, 1.82) is 0 Å². The highest BCUT2D eigenvalue weighted by atomic mass is 79.9. The largest absolute Gasteiger partial charge is 0.310 e. The Kier molecular flexibility index (Phi) is 2.63. The minimum atomic E-state index is 0.369. The summed E-state index contributed by atoms with van der Waals surface area (Å²) in [5.41, 5.74) is 2.61. The molecule has 0 amide bonds. The number of fused-ring (bicyclic) bond motifs is 1. The predicted octanol–water partition coefficient (Wildman–Crippen LogP) is 3.31. The second-order valence-corrected chi connectivity index (χ2v) is 4.61. The van der Waals surface area contributed by atoms with Gasteiger partial charge in [-0.2, -0.15) is 0 Å². The summed E-state index contributed by atoms with van der Waals surface area (Å²) in [6.07, 6.45) is 1.06. The van der Waals surface area contributed by atoms with Crippen LogP contribution in [0.5, 0.6) is 0 Å². The van der Waals surface area contributed by atoms with Gasteiger partial charge in [0.25, 0.3) is 0 Å². The van der Waals surface area contributed by atoms with Crippen molar-refractivity contribution in [3.05, 3.63) is 32.8 Å². The van der Waals surface area contributed by atoms with E-state index in [-0.39, 0.29) is 0 Å². The lowest BCUT2D eigenvalue weighted by molar-refractivity contribution is 0.540. The molecule has 0 radical (unpaired) electrons. The molecule has 3 heteroatoms. The van der Waals surface area contributed by atoms with Crippen molar-refractivity contribution in [3.8, 4) is 0 Å². The van der Waals surface area contributed by atoms with Crippen LogP contribution in [-0.4, -0.2) is 6.54 Å². The summed E-state index contributed by atoms with van der Waals surface area (Å²) in [5, 5.41) is 4.27. The molecular weight excluding hydrogens is 249 g/mol. The molecule has 1 nitrogen and oxygen atoms in total. The summed E-state index contributed by atoms with van der Waals surface area (Å²) in [5.74, 6) is 0. The normalized spacial score (nSPS) is 21.3. The first-order valence-corrected chi connectivity index (χ1v) is 5.57. The van der Waals surface area contributed by atoms with Gasteiger partial charge in [-0.05, 0) is 43.1 Å². The minimum Gasteiger partial charge on any atom is -0.310 e. The van der Waals surface area contributed by atoms with Crippen LogP contribution >= 0.6 is 27.5 Å². The molecule has 1 unspecified atom stereocenters. The lowest BCUT2D eigenvalue weighted by atomic mass is 9.95. The van der Waals surface area contributed by atoms with Gasteiger partial charge in [-0.1, -0.05) is 27.5 Å². The van der Waals surface area contributed by atoms with E-state index in [0.717, 1.165) is 18.0 Å². The molecule has 70 valence electrons. The Bertz CT molecular complexity index is 338. The van der Waals surface area contributed by atoms with E-state index in [4.69, 9.17) is 11.6 Å². The van der Waals surface area contributed by atoms with Crippen molar-refractivity contribution < 1.29 is 0 Å². The molecule has 0 saturated heterocycles. The van der Waals surface area contributed by atoms with Gasteiger partial charge in [-0.15, -0.1) is 0 Å². The van der Waals surface area contributed by atoms with Crippen molar-refractivity contribution in [2.45, 2.75) is 19.4 Å². The Morgan fingerprint density at radius 1 is 1.54 bits per heavy atom. The lowest BCUT2D eigenvalue weighted by Crippen LogP contribution is -2.28. The van der Waals surface area contributed by atoms with Crippen LogP contribution in [0.4, 0.5) is 0 Å². The molecule has 0 fully saturated rings. The molecule has 1 aromatic carbocycles.